The Labute approximate surface area is 102 Å². The Morgan fingerprint density at radius 1 is 1.53 bits per heavy atom. The zero-order valence-electron chi connectivity index (χ0n) is 9.09. The molecule has 0 fully saturated rings. The summed E-state index contributed by atoms with van der Waals surface area (Å²) in [5.41, 5.74) is -1.99. The van der Waals surface area contributed by atoms with E-state index in [0.717, 1.165) is 7.11 Å². The highest BCUT2D eigenvalue weighted by Crippen LogP contribution is 2.37. The second-order valence-corrected chi connectivity index (χ2v) is 2.98. The average Bonchev–Trinajstić information content (AvgIpc) is 2.28. The Bertz CT molecular complexity index is 530. The number of methoxy groups -OCH3 is 1. The van der Waals surface area contributed by atoms with E-state index in [4.69, 9.17) is 0 Å². The number of hydrogen-bond donors (Lipinski definition) is 1. The summed E-state index contributed by atoms with van der Waals surface area (Å²) in [6.07, 6.45) is -5.24. The lowest BCUT2D eigenvalue weighted by Gasteiger charge is -2.10. The number of hydrogen-bond acceptors (Lipinski definition) is 7. The number of esters is 1. The van der Waals surface area contributed by atoms with E-state index in [2.05, 4.69) is 14.5 Å². The minimum atomic E-state index is -5.24. The van der Waals surface area contributed by atoms with Crippen molar-refractivity contribution in [3.8, 4) is 11.6 Å². The first-order chi connectivity index (χ1) is 8.65. The van der Waals surface area contributed by atoms with Gasteiger partial charge in [0.1, 0.15) is 0 Å². The van der Waals surface area contributed by atoms with Crippen LogP contribution in [0.5, 0.6) is 11.6 Å². The van der Waals surface area contributed by atoms with Gasteiger partial charge in [0, 0.05) is 0 Å². The quantitative estimate of drug-likeness (QED) is 0.506. The van der Waals surface area contributed by atoms with E-state index in [9.17, 15) is 33.2 Å². The smallest absolute Gasteiger partial charge is 0.498 e. The van der Waals surface area contributed by atoms with Gasteiger partial charge >= 0.3 is 18.0 Å². The van der Waals surface area contributed by atoms with Crippen molar-refractivity contribution in [2.24, 2.45) is 0 Å². The molecule has 1 N–H and O–H groups in total. The molecule has 0 amide bonds. The Balaban J connectivity index is 3.40. The largest absolute Gasteiger partial charge is 0.574 e. The van der Waals surface area contributed by atoms with Gasteiger partial charge in [-0.15, -0.1) is 13.2 Å². The van der Waals surface area contributed by atoms with Gasteiger partial charge in [0.05, 0.1) is 18.1 Å². The van der Waals surface area contributed by atoms with Crippen molar-refractivity contribution in [1.82, 2.24) is 4.98 Å². The molecule has 1 aromatic heterocycles. The number of ether oxygens (including phenoxy) is 2. The van der Waals surface area contributed by atoms with Crippen LogP contribution in [-0.2, 0) is 4.74 Å². The van der Waals surface area contributed by atoms with Crippen LogP contribution >= 0.6 is 0 Å². The number of nitrogens with zero attached hydrogens (tertiary/aromatic N) is 2. The third-order valence-electron chi connectivity index (χ3n) is 1.74. The molecular formula is C8H5F3N2O6. The van der Waals surface area contributed by atoms with Gasteiger partial charge in [-0.3, -0.25) is 10.1 Å². The summed E-state index contributed by atoms with van der Waals surface area (Å²) in [6.45, 7) is 0. The van der Waals surface area contributed by atoms with Crippen LogP contribution in [0.1, 0.15) is 10.5 Å². The molecule has 0 spiro atoms. The molecule has 11 heteroatoms. The number of carbonyl (C=O) groups is 1. The SMILES string of the molecule is COC(=O)c1cc([N+](=O)[O-])c(O)c(OC(F)(F)F)n1. The van der Waals surface area contributed by atoms with Crippen LogP contribution in [0.2, 0.25) is 0 Å². The highest BCUT2D eigenvalue weighted by molar-refractivity contribution is 5.88. The van der Waals surface area contributed by atoms with Gasteiger partial charge in [-0.05, 0) is 0 Å². The number of rotatable bonds is 3. The Hall–Kier alpha value is -2.59. The first-order valence-electron chi connectivity index (χ1n) is 4.38. The first kappa shape index (κ1) is 14.5. The highest BCUT2D eigenvalue weighted by atomic mass is 19.4. The monoisotopic (exact) mass is 282 g/mol. The van der Waals surface area contributed by atoms with Gasteiger partial charge in [0.15, 0.2) is 5.69 Å². The summed E-state index contributed by atoms with van der Waals surface area (Å²) < 4.78 is 43.5. The third kappa shape index (κ3) is 3.43. The lowest BCUT2D eigenvalue weighted by molar-refractivity contribution is -0.386. The molecule has 0 radical (unpaired) electrons. The molecule has 0 saturated heterocycles. The summed E-state index contributed by atoms with van der Waals surface area (Å²) >= 11 is 0. The number of alkyl halides is 3. The van der Waals surface area contributed by atoms with Gasteiger partial charge in [-0.2, -0.15) is 0 Å². The zero-order valence-corrected chi connectivity index (χ0v) is 9.09. The van der Waals surface area contributed by atoms with Crippen LogP contribution in [-0.4, -0.2) is 34.5 Å². The first-order valence-corrected chi connectivity index (χ1v) is 4.38. The van der Waals surface area contributed by atoms with Gasteiger partial charge in [0.2, 0.25) is 0 Å². The molecule has 19 heavy (non-hydrogen) atoms. The van der Waals surface area contributed by atoms with Crippen LogP contribution in [0.4, 0.5) is 18.9 Å². The molecule has 0 atom stereocenters. The number of aromatic hydroxyl groups is 1. The fraction of sp³-hybridized carbons (Fsp3) is 0.250. The van der Waals surface area contributed by atoms with Gasteiger partial charge in [-0.1, -0.05) is 0 Å². The van der Waals surface area contributed by atoms with Crippen molar-refractivity contribution >= 4 is 11.7 Å². The number of pyridine rings is 1. The lowest BCUT2D eigenvalue weighted by Crippen LogP contribution is -2.19. The fourth-order valence-corrected chi connectivity index (χ4v) is 1.03. The van der Waals surface area contributed by atoms with E-state index in [1.54, 1.807) is 0 Å². The number of nitro groups is 1. The fourth-order valence-electron chi connectivity index (χ4n) is 1.03. The summed E-state index contributed by atoms with van der Waals surface area (Å²) in [6, 6.07) is 0.463. The lowest BCUT2D eigenvalue weighted by atomic mass is 10.3. The van der Waals surface area contributed by atoms with Crippen LogP contribution in [0.3, 0.4) is 0 Å². The van der Waals surface area contributed by atoms with Crippen molar-refractivity contribution in [3.05, 3.63) is 21.9 Å². The second kappa shape index (κ2) is 4.96. The van der Waals surface area contributed by atoms with E-state index in [0.29, 0.717) is 6.07 Å². The predicted octanol–water partition coefficient (Wildman–Crippen LogP) is 1.38. The maximum atomic E-state index is 12.0. The van der Waals surface area contributed by atoms with Gasteiger partial charge in [0.25, 0.3) is 11.6 Å². The average molecular weight is 282 g/mol. The predicted molar refractivity (Wildman–Crippen MR) is 50.6 cm³/mol. The Morgan fingerprint density at radius 3 is 2.53 bits per heavy atom. The van der Waals surface area contributed by atoms with Crippen LogP contribution in [0.25, 0.3) is 0 Å². The van der Waals surface area contributed by atoms with E-state index in [-0.39, 0.29) is 0 Å². The second-order valence-electron chi connectivity index (χ2n) is 2.98. The molecule has 8 nitrogen and oxygen atoms in total. The molecule has 1 heterocycles. The highest BCUT2D eigenvalue weighted by Gasteiger charge is 2.36. The van der Waals surface area contributed by atoms with Crippen LogP contribution in [0, 0.1) is 10.1 Å². The maximum absolute atomic E-state index is 12.0. The van der Waals surface area contributed by atoms with Crippen molar-refractivity contribution < 1.29 is 37.5 Å². The van der Waals surface area contributed by atoms with Crippen molar-refractivity contribution in [1.29, 1.82) is 0 Å². The van der Waals surface area contributed by atoms with Gasteiger partial charge < -0.3 is 14.6 Å². The van der Waals surface area contributed by atoms with Crippen molar-refractivity contribution in [3.63, 3.8) is 0 Å². The van der Waals surface area contributed by atoms with Gasteiger partial charge in [-0.25, -0.2) is 9.78 Å². The van der Waals surface area contributed by atoms with E-state index < -0.39 is 40.3 Å². The van der Waals surface area contributed by atoms with Crippen LogP contribution < -0.4 is 4.74 Å². The topological polar surface area (TPSA) is 112 Å². The minimum Gasteiger partial charge on any atom is -0.498 e. The summed E-state index contributed by atoms with van der Waals surface area (Å²) in [4.78, 5) is 23.4. The Kier molecular flexibility index (Phi) is 3.77. The van der Waals surface area contributed by atoms with E-state index >= 15 is 0 Å². The molecule has 0 aliphatic carbocycles. The molecule has 0 bridgehead atoms. The molecule has 104 valence electrons. The summed E-state index contributed by atoms with van der Waals surface area (Å²) in [7, 11) is 0.896. The molecule has 0 aliphatic rings. The Morgan fingerprint density at radius 2 is 2.11 bits per heavy atom. The summed E-state index contributed by atoms with van der Waals surface area (Å²) in [5, 5.41) is 19.8. The van der Waals surface area contributed by atoms with E-state index in [1.165, 1.54) is 0 Å². The number of halogens is 3. The van der Waals surface area contributed by atoms with Crippen molar-refractivity contribution in [2.75, 3.05) is 7.11 Å². The molecule has 0 unspecified atom stereocenters. The van der Waals surface area contributed by atoms with Crippen LogP contribution in [0.15, 0.2) is 6.07 Å². The summed E-state index contributed by atoms with van der Waals surface area (Å²) in [5.74, 6) is -4.19. The minimum absolute atomic E-state index is 0.463. The van der Waals surface area contributed by atoms with E-state index in [1.807, 2.05) is 0 Å². The van der Waals surface area contributed by atoms with Crippen molar-refractivity contribution in [2.45, 2.75) is 6.36 Å². The molecule has 1 rings (SSSR count). The standard InChI is InChI=1S/C8H5F3N2O6/c1-18-7(15)3-2-4(13(16)17)5(14)6(12-3)19-8(9,10)11/h2,14H,1H3. The molecule has 0 saturated carbocycles. The number of carbonyl (C=O) groups excluding carboxylic acids is 1. The third-order valence-corrected chi connectivity index (χ3v) is 1.74. The zero-order chi connectivity index (χ0) is 14.8. The number of aromatic nitrogens is 1. The molecule has 0 aromatic carbocycles. The molecule has 0 aliphatic heterocycles. The maximum Gasteiger partial charge on any atom is 0.574 e. The normalized spacial score (nSPS) is 10.9. The molecular weight excluding hydrogens is 277 g/mol. The molecule has 1 aromatic rings.